The van der Waals surface area contributed by atoms with E-state index in [0.717, 1.165) is 36.0 Å². The topological polar surface area (TPSA) is 38.1 Å². The minimum Gasteiger partial charge on any atom is -0.463 e. The zero-order valence-corrected chi connectivity index (χ0v) is 9.51. The molecule has 0 aliphatic carbocycles. The zero-order chi connectivity index (χ0) is 10.5. The van der Waals surface area contributed by atoms with Gasteiger partial charge in [0.25, 0.3) is 0 Å². The van der Waals surface area contributed by atoms with Crippen molar-refractivity contribution in [2.24, 2.45) is 0 Å². The molecule has 0 spiro atoms. The molecule has 1 N–H and O–H groups in total. The summed E-state index contributed by atoms with van der Waals surface area (Å²) in [4.78, 5) is 4.51. The smallest absolute Gasteiger partial charge is 0.153 e. The SMILES string of the molecule is CCNCCc1nc(-c2ccco2)cs1. The first-order valence-electron chi connectivity index (χ1n) is 5.09. The van der Waals surface area contributed by atoms with Gasteiger partial charge in [-0.25, -0.2) is 4.98 Å². The molecule has 0 radical (unpaired) electrons. The van der Waals surface area contributed by atoms with Crippen molar-refractivity contribution in [3.05, 3.63) is 28.8 Å². The third-order valence-corrected chi connectivity index (χ3v) is 3.00. The van der Waals surface area contributed by atoms with Crippen molar-refractivity contribution in [3.8, 4) is 11.5 Å². The van der Waals surface area contributed by atoms with E-state index in [0.29, 0.717) is 0 Å². The molecule has 0 atom stereocenters. The molecule has 0 unspecified atom stereocenters. The van der Waals surface area contributed by atoms with Gasteiger partial charge in [0.1, 0.15) is 5.69 Å². The lowest BCUT2D eigenvalue weighted by molar-refractivity contribution is 0.580. The Morgan fingerprint density at radius 1 is 1.53 bits per heavy atom. The van der Waals surface area contributed by atoms with Crippen LogP contribution in [0, 0.1) is 0 Å². The van der Waals surface area contributed by atoms with E-state index in [2.05, 4.69) is 17.2 Å². The van der Waals surface area contributed by atoms with Crippen LogP contribution in [0.5, 0.6) is 0 Å². The maximum atomic E-state index is 5.29. The first-order valence-corrected chi connectivity index (χ1v) is 5.97. The molecule has 0 aliphatic heterocycles. The lowest BCUT2D eigenvalue weighted by atomic mass is 10.3. The third-order valence-electron chi connectivity index (χ3n) is 2.09. The van der Waals surface area contributed by atoms with Gasteiger partial charge >= 0.3 is 0 Å². The molecule has 15 heavy (non-hydrogen) atoms. The number of likely N-dealkylation sites (N-methyl/N-ethyl adjacent to an activating group) is 1. The van der Waals surface area contributed by atoms with Gasteiger partial charge in [0, 0.05) is 18.3 Å². The Kier molecular flexibility index (Phi) is 3.53. The van der Waals surface area contributed by atoms with E-state index in [-0.39, 0.29) is 0 Å². The number of hydrogen-bond acceptors (Lipinski definition) is 4. The first-order chi connectivity index (χ1) is 7.40. The van der Waals surface area contributed by atoms with Crippen LogP contribution in [0.1, 0.15) is 11.9 Å². The first kappa shape index (κ1) is 10.4. The molecule has 0 aromatic carbocycles. The van der Waals surface area contributed by atoms with E-state index in [4.69, 9.17) is 4.42 Å². The van der Waals surface area contributed by atoms with Crippen molar-refractivity contribution in [1.29, 1.82) is 0 Å². The highest BCUT2D eigenvalue weighted by atomic mass is 32.1. The molecule has 0 bridgehead atoms. The van der Waals surface area contributed by atoms with Crippen LogP contribution in [-0.2, 0) is 6.42 Å². The van der Waals surface area contributed by atoms with Gasteiger partial charge in [0.15, 0.2) is 5.76 Å². The maximum Gasteiger partial charge on any atom is 0.153 e. The summed E-state index contributed by atoms with van der Waals surface area (Å²) in [7, 11) is 0. The molecule has 3 nitrogen and oxygen atoms in total. The Bertz CT molecular complexity index is 394. The molecule has 2 rings (SSSR count). The second kappa shape index (κ2) is 5.09. The number of nitrogens with zero attached hydrogens (tertiary/aromatic N) is 1. The van der Waals surface area contributed by atoms with Gasteiger partial charge in [-0.2, -0.15) is 0 Å². The maximum absolute atomic E-state index is 5.29. The fourth-order valence-electron chi connectivity index (χ4n) is 1.34. The van der Waals surface area contributed by atoms with Crippen molar-refractivity contribution in [2.75, 3.05) is 13.1 Å². The van der Waals surface area contributed by atoms with Crippen LogP contribution in [0.2, 0.25) is 0 Å². The minimum atomic E-state index is 0.848. The number of nitrogens with one attached hydrogen (secondary N) is 1. The number of hydrogen-bond donors (Lipinski definition) is 1. The van der Waals surface area contributed by atoms with E-state index in [1.54, 1.807) is 17.6 Å². The second-order valence-electron chi connectivity index (χ2n) is 3.21. The number of aromatic nitrogens is 1. The fraction of sp³-hybridized carbons (Fsp3) is 0.364. The molecule has 0 amide bonds. The summed E-state index contributed by atoms with van der Waals surface area (Å²) in [6, 6.07) is 3.82. The van der Waals surface area contributed by atoms with Gasteiger partial charge in [0.05, 0.1) is 11.3 Å². The van der Waals surface area contributed by atoms with Crippen LogP contribution in [-0.4, -0.2) is 18.1 Å². The van der Waals surface area contributed by atoms with Crippen LogP contribution >= 0.6 is 11.3 Å². The highest BCUT2D eigenvalue weighted by molar-refractivity contribution is 7.09. The Morgan fingerprint density at radius 3 is 3.20 bits per heavy atom. The van der Waals surface area contributed by atoms with Crippen molar-refractivity contribution in [2.45, 2.75) is 13.3 Å². The molecule has 4 heteroatoms. The van der Waals surface area contributed by atoms with E-state index in [1.165, 1.54) is 0 Å². The number of thiazole rings is 1. The second-order valence-corrected chi connectivity index (χ2v) is 4.15. The van der Waals surface area contributed by atoms with Crippen molar-refractivity contribution in [1.82, 2.24) is 10.3 Å². The molecule has 2 aromatic heterocycles. The van der Waals surface area contributed by atoms with E-state index in [9.17, 15) is 0 Å². The largest absolute Gasteiger partial charge is 0.463 e. The predicted molar refractivity (Wildman–Crippen MR) is 62.1 cm³/mol. The van der Waals surface area contributed by atoms with E-state index < -0.39 is 0 Å². The average Bonchev–Trinajstić information content (AvgIpc) is 2.87. The van der Waals surface area contributed by atoms with Crippen molar-refractivity contribution >= 4 is 11.3 Å². The third kappa shape index (κ3) is 2.67. The molecule has 80 valence electrons. The van der Waals surface area contributed by atoms with E-state index >= 15 is 0 Å². The highest BCUT2D eigenvalue weighted by Crippen LogP contribution is 2.22. The van der Waals surface area contributed by atoms with Gasteiger partial charge in [-0.3, -0.25) is 0 Å². The van der Waals surface area contributed by atoms with Crippen molar-refractivity contribution < 1.29 is 4.42 Å². The summed E-state index contributed by atoms with van der Waals surface area (Å²) in [6.07, 6.45) is 2.66. The normalized spacial score (nSPS) is 10.7. The molecule has 0 aliphatic rings. The van der Waals surface area contributed by atoms with Gasteiger partial charge in [0.2, 0.25) is 0 Å². The van der Waals surface area contributed by atoms with Crippen LogP contribution in [0.3, 0.4) is 0 Å². The zero-order valence-electron chi connectivity index (χ0n) is 8.69. The molecule has 0 saturated carbocycles. The van der Waals surface area contributed by atoms with Crippen LogP contribution in [0.15, 0.2) is 28.2 Å². The van der Waals surface area contributed by atoms with Crippen LogP contribution in [0.25, 0.3) is 11.5 Å². The number of rotatable bonds is 5. The van der Waals surface area contributed by atoms with Gasteiger partial charge in [-0.1, -0.05) is 6.92 Å². The predicted octanol–water partition coefficient (Wildman–Crippen LogP) is 2.56. The molecule has 0 saturated heterocycles. The monoisotopic (exact) mass is 222 g/mol. The van der Waals surface area contributed by atoms with Gasteiger partial charge in [-0.05, 0) is 18.7 Å². The minimum absolute atomic E-state index is 0.848. The molecule has 0 fully saturated rings. The van der Waals surface area contributed by atoms with Crippen LogP contribution in [0.4, 0.5) is 0 Å². The molecule has 2 heterocycles. The average molecular weight is 222 g/mol. The number of furan rings is 1. The Morgan fingerprint density at radius 2 is 2.47 bits per heavy atom. The summed E-state index contributed by atoms with van der Waals surface area (Å²) in [5.41, 5.74) is 0.941. The lowest BCUT2D eigenvalue weighted by Gasteiger charge is -1.96. The summed E-state index contributed by atoms with van der Waals surface area (Å²) in [6.45, 7) is 4.11. The van der Waals surface area contributed by atoms with Gasteiger partial charge in [-0.15, -0.1) is 11.3 Å². The summed E-state index contributed by atoms with van der Waals surface area (Å²) >= 11 is 1.69. The summed E-state index contributed by atoms with van der Waals surface area (Å²) in [5, 5.41) is 6.48. The standard InChI is InChI=1S/C11H14N2OS/c1-2-12-6-5-11-13-9(8-15-11)10-4-3-7-14-10/h3-4,7-8,12H,2,5-6H2,1H3. The molecule has 2 aromatic rings. The lowest BCUT2D eigenvalue weighted by Crippen LogP contribution is -2.15. The Balaban J connectivity index is 1.98. The summed E-state index contributed by atoms with van der Waals surface area (Å²) in [5.74, 6) is 0.848. The Hall–Kier alpha value is -1.13. The van der Waals surface area contributed by atoms with E-state index in [1.807, 2.05) is 17.5 Å². The van der Waals surface area contributed by atoms with Gasteiger partial charge < -0.3 is 9.73 Å². The summed E-state index contributed by atoms with van der Waals surface area (Å²) < 4.78 is 5.29. The molecular formula is C11H14N2OS. The Labute approximate surface area is 93.2 Å². The molecular weight excluding hydrogens is 208 g/mol. The quantitative estimate of drug-likeness (QED) is 0.790. The fourth-order valence-corrected chi connectivity index (χ4v) is 2.12. The highest BCUT2D eigenvalue weighted by Gasteiger charge is 2.05. The van der Waals surface area contributed by atoms with Crippen molar-refractivity contribution in [3.63, 3.8) is 0 Å². The van der Waals surface area contributed by atoms with Crippen LogP contribution < -0.4 is 5.32 Å².